The highest BCUT2D eigenvalue weighted by atomic mass is 16.5. The summed E-state index contributed by atoms with van der Waals surface area (Å²) in [6, 6.07) is 8.97. The van der Waals surface area contributed by atoms with Gasteiger partial charge < -0.3 is 10.1 Å². The number of ether oxygens (including phenoxy) is 1. The van der Waals surface area contributed by atoms with Crippen molar-refractivity contribution in [3.8, 4) is 5.75 Å². The van der Waals surface area contributed by atoms with Crippen molar-refractivity contribution in [1.29, 1.82) is 0 Å². The Bertz CT molecular complexity index is 288. The molecule has 2 rings (SSSR count). The molecule has 1 fully saturated rings. The van der Waals surface area contributed by atoms with E-state index in [1.807, 2.05) is 13.8 Å². The zero-order chi connectivity index (χ0) is 9.97. The minimum absolute atomic E-state index is 0.252. The van der Waals surface area contributed by atoms with E-state index in [0.717, 1.165) is 12.3 Å². The van der Waals surface area contributed by atoms with E-state index in [1.165, 1.54) is 12.0 Å². The van der Waals surface area contributed by atoms with Crippen LogP contribution in [0.1, 0.15) is 31.9 Å². The predicted molar refractivity (Wildman–Crippen MR) is 57.6 cm³/mol. The monoisotopic (exact) mass is 191 g/mol. The van der Waals surface area contributed by atoms with Crippen LogP contribution in [-0.2, 0) is 0 Å². The van der Waals surface area contributed by atoms with Crippen LogP contribution in [0.3, 0.4) is 0 Å². The quantitative estimate of drug-likeness (QED) is 0.792. The third kappa shape index (κ3) is 2.07. The Kier molecular flexibility index (Phi) is 2.73. The van der Waals surface area contributed by atoms with Crippen molar-refractivity contribution in [2.75, 3.05) is 6.54 Å². The molecule has 0 amide bonds. The smallest absolute Gasteiger partial charge is 0.119 e. The van der Waals surface area contributed by atoms with Gasteiger partial charge in [-0.3, -0.25) is 0 Å². The van der Waals surface area contributed by atoms with Gasteiger partial charge in [-0.1, -0.05) is 12.1 Å². The fourth-order valence-corrected chi connectivity index (χ4v) is 1.62. The van der Waals surface area contributed by atoms with Crippen LogP contribution in [0, 0.1) is 0 Å². The minimum Gasteiger partial charge on any atom is -0.491 e. The summed E-state index contributed by atoms with van der Waals surface area (Å²) in [6.45, 7) is 5.23. The van der Waals surface area contributed by atoms with E-state index in [0.29, 0.717) is 6.04 Å². The maximum absolute atomic E-state index is 5.58. The van der Waals surface area contributed by atoms with Crippen LogP contribution in [0.25, 0.3) is 0 Å². The largest absolute Gasteiger partial charge is 0.491 e. The molecule has 1 heterocycles. The maximum Gasteiger partial charge on any atom is 0.119 e. The first kappa shape index (κ1) is 9.53. The summed E-state index contributed by atoms with van der Waals surface area (Å²) in [6.07, 6.45) is 1.51. The molecule has 14 heavy (non-hydrogen) atoms. The summed E-state index contributed by atoms with van der Waals surface area (Å²) in [5, 5.41) is 3.38. The molecule has 0 aliphatic carbocycles. The van der Waals surface area contributed by atoms with Crippen LogP contribution in [0.15, 0.2) is 24.3 Å². The Morgan fingerprint density at radius 2 is 1.93 bits per heavy atom. The van der Waals surface area contributed by atoms with Crippen molar-refractivity contribution in [3.63, 3.8) is 0 Å². The normalized spacial score (nSPS) is 20.6. The maximum atomic E-state index is 5.58. The molecule has 1 saturated heterocycles. The van der Waals surface area contributed by atoms with Gasteiger partial charge in [-0.25, -0.2) is 0 Å². The van der Waals surface area contributed by atoms with Crippen LogP contribution in [0.2, 0.25) is 0 Å². The Balaban J connectivity index is 2.02. The van der Waals surface area contributed by atoms with Crippen LogP contribution >= 0.6 is 0 Å². The molecule has 1 aliphatic rings. The molecule has 0 bridgehead atoms. The lowest BCUT2D eigenvalue weighted by Gasteiger charge is -2.28. The van der Waals surface area contributed by atoms with Crippen molar-refractivity contribution in [3.05, 3.63) is 29.8 Å². The lowest BCUT2D eigenvalue weighted by molar-refractivity contribution is 0.242. The Hall–Kier alpha value is -1.02. The van der Waals surface area contributed by atoms with Gasteiger partial charge >= 0.3 is 0 Å². The zero-order valence-electron chi connectivity index (χ0n) is 8.79. The van der Waals surface area contributed by atoms with E-state index in [-0.39, 0.29) is 6.10 Å². The third-order valence-corrected chi connectivity index (χ3v) is 2.48. The summed E-state index contributed by atoms with van der Waals surface area (Å²) in [7, 11) is 0. The van der Waals surface area contributed by atoms with Crippen LogP contribution in [-0.4, -0.2) is 12.6 Å². The molecule has 0 aromatic heterocycles. The number of nitrogens with one attached hydrogen (secondary N) is 1. The molecule has 0 unspecified atom stereocenters. The van der Waals surface area contributed by atoms with Crippen LogP contribution in [0.4, 0.5) is 0 Å². The molecule has 1 aromatic carbocycles. The van der Waals surface area contributed by atoms with Gasteiger partial charge in [-0.05, 0) is 44.5 Å². The van der Waals surface area contributed by atoms with Crippen molar-refractivity contribution >= 4 is 0 Å². The van der Waals surface area contributed by atoms with Crippen LogP contribution in [0.5, 0.6) is 5.75 Å². The van der Waals surface area contributed by atoms with Crippen molar-refractivity contribution in [2.45, 2.75) is 32.4 Å². The average molecular weight is 191 g/mol. The Morgan fingerprint density at radius 3 is 2.36 bits per heavy atom. The van der Waals surface area contributed by atoms with E-state index in [2.05, 4.69) is 29.6 Å². The van der Waals surface area contributed by atoms with Gasteiger partial charge in [0.25, 0.3) is 0 Å². The van der Waals surface area contributed by atoms with Gasteiger partial charge in [0.15, 0.2) is 0 Å². The highest BCUT2D eigenvalue weighted by Crippen LogP contribution is 2.24. The third-order valence-electron chi connectivity index (χ3n) is 2.48. The average Bonchev–Trinajstić information content (AvgIpc) is 2.04. The van der Waals surface area contributed by atoms with E-state index < -0.39 is 0 Å². The SMILES string of the molecule is CC(C)Oc1ccc([C@H]2CCN2)cc1. The molecule has 1 aliphatic heterocycles. The topological polar surface area (TPSA) is 21.3 Å². The van der Waals surface area contributed by atoms with Gasteiger partial charge in [-0.2, -0.15) is 0 Å². The molecule has 2 heteroatoms. The number of hydrogen-bond acceptors (Lipinski definition) is 2. The Labute approximate surface area is 85.3 Å². The first-order valence-corrected chi connectivity index (χ1v) is 5.26. The van der Waals surface area contributed by atoms with Gasteiger partial charge in [-0.15, -0.1) is 0 Å². The molecule has 1 N–H and O–H groups in total. The fourth-order valence-electron chi connectivity index (χ4n) is 1.62. The van der Waals surface area contributed by atoms with Crippen molar-refractivity contribution in [2.24, 2.45) is 0 Å². The summed E-state index contributed by atoms with van der Waals surface area (Å²) >= 11 is 0. The number of hydrogen-bond donors (Lipinski definition) is 1. The minimum atomic E-state index is 0.252. The molecular formula is C12H17NO. The summed E-state index contributed by atoms with van der Waals surface area (Å²) in [5.74, 6) is 0.961. The second-order valence-corrected chi connectivity index (χ2v) is 4.03. The molecule has 1 atom stereocenters. The standard InChI is InChI=1S/C12H17NO/c1-9(2)14-11-5-3-10(4-6-11)12-7-8-13-12/h3-6,9,12-13H,7-8H2,1-2H3/t12-/m1/s1. The van der Waals surface area contributed by atoms with Crippen LogP contribution < -0.4 is 10.1 Å². The van der Waals surface area contributed by atoms with E-state index >= 15 is 0 Å². The molecule has 0 saturated carbocycles. The van der Waals surface area contributed by atoms with Gasteiger partial charge in [0.1, 0.15) is 5.75 Å². The van der Waals surface area contributed by atoms with E-state index in [4.69, 9.17) is 4.74 Å². The highest BCUT2D eigenvalue weighted by molar-refractivity contribution is 5.30. The summed E-state index contributed by atoms with van der Waals surface area (Å²) in [4.78, 5) is 0. The predicted octanol–water partition coefficient (Wildman–Crippen LogP) is 2.51. The lowest BCUT2D eigenvalue weighted by Crippen LogP contribution is -2.34. The molecular weight excluding hydrogens is 174 g/mol. The molecule has 76 valence electrons. The molecule has 0 radical (unpaired) electrons. The van der Waals surface area contributed by atoms with Gasteiger partial charge in [0, 0.05) is 6.04 Å². The van der Waals surface area contributed by atoms with Crippen molar-refractivity contribution in [1.82, 2.24) is 5.32 Å². The fraction of sp³-hybridized carbons (Fsp3) is 0.500. The summed E-state index contributed by atoms with van der Waals surface area (Å²) < 4.78 is 5.58. The first-order valence-electron chi connectivity index (χ1n) is 5.26. The van der Waals surface area contributed by atoms with Gasteiger partial charge in [0.2, 0.25) is 0 Å². The first-order chi connectivity index (χ1) is 6.75. The molecule has 0 spiro atoms. The second kappa shape index (κ2) is 4.01. The zero-order valence-corrected chi connectivity index (χ0v) is 8.79. The second-order valence-electron chi connectivity index (χ2n) is 4.03. The molecule has 1 aromatic rings. The van der Waals surface area contributed by atoms with E-state index in [9.17, 15) is 0 Å². The summed E-state index contributed by atoms with van der Waals surface area (Å²) in [5.41, 5.74) is 1.37. The molecule has 2 nitrogen and oxygen atoms in total. The highest BCUT2D eigenvalue weighted by Gasteiger charge is 2.17. The van der Waals surface area contributed by atoms with Crippen molar-refractivity contribution < 1.29 is 4.74 Å². The van der Waals surface area contributed by atoms with E-state index in [1.54, 1.807) is 0 Å². The lowest BCUT2D eigenvalue weighted by atomic mass is 9.98. The number of rotatable bonds is 3. The van der Waals surface area contributed by atoms with Gasteiger partial charge in [0.05, 0.1) is 6.10 Å². The number of benzene rings is 1. The Morgan fingerprint density at radius 1 is 1.29 bits per heavy atom.